The Bertz CT molecular complexity index is 538. The number of aliphatic hydroxyl groups excluding tert-OH is 2. The van der Waals surface area contributed by atoms with Gasteiger partial charge in [0.2, 0.25) is 0 Å². The number of hydrogen-bond donors (Lipinski definition) is 3. The van der Waals surface area contributed by atoms with Crippen LogP contribution in [0, 0.1) is 39.9 Å². The minimum atomic E-state index is -0.0482. The van der Waals surface area contributed by atoms with Crippen molar-refractivity contribution < 1.29 is 15.1 Å². The Balaban J connectivity index is 1.57. The number of likely N-dealkylation sites (tertiary alicyclic amines) is 1. The average molecular weight is 335 g/mol. The van der Waals surface area contributed by atoms with Gasteiger partial charge in [0.1, 0.15) is 6.54 Å². The molecule has 0 amide bonds. The lowest BCUT2D eigenvalue weighted by atomic mass is 9.40. The summed E-state index contributed by atoms with van der Waals surface area (Å²) in [5.74, 6) is 2.93. The third-order valence-electron chi connectivity index (χ3n) is 9.92. The van der Waals surface area contributed by atoms with E-state index in [-0.39, 0.29) is 11.5 Å². The molecule has 24 heavy (non-hydrogen) atoms. The molecule has 0 radical (unpaired) electrons. The van der Waals surface area contributed by atoms with Crippen molar-refractivity contribution in [2.24, 2.45) is 39.9 Å². The second-order valence-corrected chi connectivity index (χ2v) is 10.7. The molecule has 4 aliphatic carbocycles. The van der Waals surface area contributed by atoms with Crippen LogP contribution in [0.3, 0.4) is 0 Å². The third-order valence-corrected chi connectivity index (χ3v) is 9.92. The van der Waals surface area contributed by atoms with Crippen molar-refractivity contribution in [2.45, 2.75) is 64.9 Å². The monoisotopic (exact) mass is 334 g/mol. The first-order valence-electron chi connectivity index (χ1n) is 10.6. The van der Waals surface area contributed by atoms with E-state index in [9.17, 15) is 10.2 Å². The van der Waals surface area contributed by atoms with Crippen LogP contribution in [0.1, 0.15) is 58.8 Å². The molecule has 0 aromatic heterocycles. The molecular weight excluding hydrogens is 298 g/mol. The van der Waals surface area contributed by atoms with Gasteiger partial charge in [0.05, 0.1) is 25.8 Å². The maximum atomic E-state index is 11.1. The van der Waals surface area contributed by atoms with Crippen LogP contribution in [-0.2, 0) is 0 Å². The molecule has 0 aromatic rings. The summed E-state index contributed by atoms with van der Waals surface area (Å²) in [6.45, 7) is 8.65. The fourth-order valence-corrected chi connectivity index (χ4v) is 9.30. The van der Waals surface area contributed by atoms with E-state index < -0.39 is 0 Å². The molecular formula is C21H36NO2+. The van der Waals surface area contributed by atoms with Crippen molar-refractivity contribution in [3.05, 3.63) is 0 Å². The molecule has 1 heterocycles. The molecule has 5 aliphatic rings. The molecule has 4 bridgehead atoms. The summed E-state index contributed by atoms with van der Waals surface area (Å²) in [5, 5.41) is 20.7. The molecule has 1 aliphatic heterocycles. The highest BCUT2D eigenvalue weighted by atomic mass is 16.3. The summed E-state index contributed by atoms with van der Waals surface area (Å²) in [5.41, 5.74) is 1.19. The van der Waals surface area contributed by atoms with Gasteiger partial charge in [-0.15, -0.1) is 0 Å². The summed E-state index contributed by atoms with van der Waals surface area (Å²) < 4.78 is 0. The van der Waals surface area contributed by atoms with Gasteiger partial charge in [-0.2, -0.15) is 0 Å². The second-order valence-electron chi connectivity index (χ2n) is 10.7. The first kappa shape index (κ1) is 16.1. The van der Waals surface area contributed by atoms with E-state index >= 15 is 0 Å². The fourth-order valence-electron chi connectivity index (χ4n) is 9.30. The maximum Gasteiger partial charge on any atom is 0.101 e. The minimum Gasteiger partial charge on any atom is -0.392 e. The van der Waals surface area contributed by atoms with Crippen LogP contribution in [0.4, 0.5) is 0 Å². The van der Waals surface area contributed by atoms with Crippen LogP contribution < -0.4 is 4.90 Å². The molecule has 9 atom stereocenters. The number of quaternary nitrogens is 1. The Labute approximate surface area is 146 Å². The first-order valence-corrected chi connectivity index (χ1v) is 10.6. The summed E-state index contributed by atoms with van der Waals surface area (Å²) in [7, 11) is 0. The molecule has 1 spiro atoms. The van der Waals surface area contributed by atoms with Crippen molar-refractivity contribution in [3.8, 4) is 0 Å². The zero-order chi connectivity index (χ0) is 16.7. The fraction of sp³-hybridized carbons (Fsp3) is 1.00. The average Bonchev–Trinajstić information content (AvgIpc) is 3.03. The normalized spacial score (nSPS) is 61.5. The van der Waals surface area contributed by atoms with Crippen molar-refractivity contribution >= 4 is 0 Å². The zero-order valence-electron chi connectivity index (χ0n) is 15.6. The Morgan fingerprint density at radius 2 is 1.92 bits per heavy atom. The van der Waals surface area contributed by atoms with Crippen molar-refractivity contribution in [3.63, 3.8) is 0 Å². The summed E-state index contributed by atoms with van der Waals surface area (Å²) in [6, 6.07) is 0. The quantitative estimate of drug-likeness (QED) is 0.716. The topological polar surface area (TPSA) is 44.9 Å². The van der Waals surface area contributed by atoms with E-state index in [1.165, 1.54) is 58.0 Å². The molecule has 5 rings (SSSR count). The number of fused-ring (bicyclic) bond motifs is 1. The number of rotatable bonds is 2. The molecule has 136 valence electrons. The van der Waals surface area contributed by atoms with Gasteiger partial charge in [-0.25, -0.2) is 0 Å². The van der Waals surface area contributed by atoms with Gasteiger partial charge in [-0.1, -0.05) is 20.3 Å². The molecule has 1 unspecified atom stereocenters. The number of nitrogens with one attached hydrogen (secondary N) is 1. The summed E-state index contributed by atoms with van der Waals surface area (Å²) in [6.07, 6.45) is 9.46. The first-order chi connectivity index (χ1) is 11.5. The summed E-state index contributed by atoms with van der Waals surface area (Å²) >= 11 is 0. The van der Waals surface area contributed by atoms with E-state index in [0.717, 1.165) is 24.3 Å². The van der Waals surface area contributed by atoms with Crippen LogP contribution >= 0.6 is 0 Å². The van der Waals surface area contributed by atoms with Crippen molar-refractivity contribution in [1.29, 1.82) is 0 Å². The molecule has 5 fully saturated rings. The van der Waals surface area contributed by atoms with Gasteiger partial charge in [0.15, 0.2) is 0 Å². The van der Waals surface area contributed by atoms with Gasteiger partial charge < -0.3 is 15.1 Å². The lowest BCUT2D eigenvalue weighted by molar-refractivity contribution is -0.926. The van der Waals surface area contributed by atoms with Crippen LogP contribution in [0.25, 0.3) is 0 Å². The molecule has 4 saturated carbocycles. The van der Waals surface area contributed by atoms with Crippen molar-refractivity contribution in [1.82, 2.24) is 0 Å². The van der Waals surface area contributed by atoms with E-state index in [1.807, 2.05) is 0 Å². The highest BCUT2D eigenvalue weighted by Gasteiger charge is 2.73. The van der Waals surface area contributed by atoms with Gasteiger partial charge in [0.25, 0.3) is 0 Å². The number of hydrogen-bond acceptors (Lipinski definition) is 2. The predicted molar refractivity (Wildman–Crippen MR) is 93.6 cm³/mol. The Morgan fingerprint density at radius 1 is 1.08 bits per heavy atom. The minimum absolute atomic E-state index is 0.0482. The number of aliphatic hydroxyl groups is 2. The standard InChI is InChI=1S/C21H35NO2/c1-14-15-10-17-20(11-15,18(14)24)7-4-16-19(2)5-3-6-21(16,17)13-22(12-19)8-9-23/h14-18,23-24H,3-13H2,1-2H3/p+1/t14-,15-,16+,17+,18-,19+,20-,21+/m1/s1. The largest absolute Gasteiger partial charge is 0.392 e. The molecule has 3 N–H and O–H groups in total. The van der Waals surface area contributed by atoms with Gasteiger partial charge in [0, 0.05) is 16.2 Å². The lowest BCUT2D eigenvalue weighted by Gasteiger charge is -2.67. The van der Waals surface area contributed by atoms with E-state index in [4.69, 9.17) is 0 Å². The van der Waals surface area contributed by atoms with Gasteiger partial charge >= 0.3 is 0 Å². The van der Waals surface area contributed by atoms with E-state index in [1.54, 1.807) is 4.90 Å². The molecule has 1 saturated heterocycles. The third kappa shape index (κ3) is 1.75. The maximum absolute atomic E-state index is 11.1. The summed E-state index contributed by atoms with van der Waals surface area (Å²) in [4.78, 5) is 1.65. The number of piperidine rings is 1. The Kier molecular flexibility index (Phi) is 3.34. The Morgan fingerprint density at radius 3 is 2.67 bits per heavy atom. The van der Waals surface area contributed by atoms with E-state index in [0.29, 0.717) is 23.4 Å². The van der Waals surface area contributed by atoms with Gasteiger partial charge in [-0.05, 0) is 62.2 Å². The molecule has 3 heteroatoms. The smallest absolute Gasteiger partial charge is 0.101 e. The van der Waals surface area contributed by atoms with Crippen LogP contribution in [0.2, 0.25) is 0 Å². The highest BCUT2D eigenvalue weighted by molar-refractivity contribution is 5.20. The zero-order valence-corrected chi connectivity index (χ0v) is 15.6. The predicted octanol–water partition coefficient (Wildman–Crippen LogP) is 1.49. The highest BCUT2D eigenvalue weighted by Crippen LogP contribution is 2.74. The van der Waals surface area contributed by atoms with Crippen molar-refractivity contribution in [2.75, 3.05) is 26.2 Å². The molecule has 3 nitrogen and oxygen atoms in total. The lowest BCUT2D eigenvalue weighted by Crippen LogP contribution is -3.17. The Hall–Kier alpha value is -0.120. The second kappa shape index (κ2) is 4.98. The van der Waals surface area contributed by atoms with Crippen LogP contribution in [-0.4, -0.2) is 42.6 Å². The SMILES string of the molecule is C[C@@H]1[C@@H]2C[C@H]3[C@@](CC[C@H]4[C@@]5(C)CCC[C@@]34C[NH+](CCO)C5)(C2)[C@@H]1O. The molecule has 0 aromatic carbocycles. The van der Waals surface area contributed by atoms with Crippen LogP contribution in [0.15, 0.2) is 0 Å². The van der Waals surface area contributed by atoms with Crippen LogP contribution in [0.5, 0.6) is 0 Å². The van der Waals surface area contributed by atoms with E-state index in [2.05, 4.69) is 13.8 Å². The van der Waals surface area contributed by atoms with Gasteiger partial charge in [-0.3, -0.25) is 0 Å².